The summed E-state index contributed by atoms with van der Waals surface area (Å²) in [5.41, 5.74) is 1.06. The normalized spacial score (nSPS) is 17.0. The van der Waals surface area contributed by atoms with E-state index >= 15 is 0 Å². The molecule has 172 valence electrons. The van der Waals surface area contributed by atoms with Crippen LogP contribution in [0.25, 0.3) is 0 Å². The van der Waals surface area contributed by atoms with E-state index in [2.05, 4.69) is 5.32 Å². The number of nitrogens with zero attached hydrogens (tertiary/aromatic N) is 1. The highest BCUT2D eigenvalue weighted by Crippen LogP contribution is 2.13. The van der Waals surface area contributed by atoms with E-state index in [0.29, 0.717) is 26.1 Å². The molecule has 1 aromatic rings. The number of carbonyl (C=O) groups excluding carboxylic acids is 2. The molecular weight excluding hydrogens is 404 g/mol. The minimum absolute atomic E-state index is 0.00753. The van der Waals surface area contributed by atoms with Crippen LogP contribution in [0.5, 0.6) is 0 Å². The standard InChI is InChI=1S/C22H32N2O7/c1-4-29-22(28)18(11-10-17-8-6-5-7-9-17)23-15(2)20(25)24(16(3)21(26)27)14-19-30-12-13-31-19/h5-9,15-16,18-19,23H,4,10-14H2,1-3H3,(H,26,27)/t15?,16-,18-/m0/s1. The molecule has 0 spiro atoms. The predicted octanol–water partition coefficient (Wildman–Crippen LogP) is 1.20. The van der Waals surface area contributed by atoms with Crippen molar-refractivity contribution in [3.8, 4) is 0 Å². The Labute approximate surface area is 182 Å². The largest absolute Gasteiger partial charge is 0.480 e. The number of benzene rings is 1. The smallest absolute Gasteiger partial charge is 0.326 e. The Kier molecular flexibility index (Phi) is 9.90. The second kappa shape index (κ2) is 12.4. The van der Waals surface area contributed by atoms with Crippen molar-refractivity contribution < 1.29 is 33.7 Å². The fraction of sp³-hybridized carbons (Fsp3) is 0.591. The molecule has 2 N–H and O–H groups in total. The van der Waals surface area contributed by atoms with Crippen LogP contribution in [0.4, 0.5) is 0 Å². The Balaban J connectivity index is 2.07. The summed E-state index contributed by atoms with van der Waals surface area (Å²) < 4.78 is 15.9. The number of aryl methyl sites for hydroxylation is 1. The lowest BCUT2D eigenvalue weighted by molar-refractivity contribution is -0.156. The van der Waals surface area contributed by atoms with Gasteiger partial charge in [0.15, 0.2) is 6.29 Å². The molecule has 2 rings (SSSR count). The number of carboxylic acids is 1. The van der Waals surface area contributed by atoms with E-state index in [1.165, 1.54) is 11.8 Å². The average Bonchev–Trinajstić information content (AvgIpc) is 3.28. The molecule has 9 nitrogen and oxygen atoms in total. The lowest BCUT2D eigenvalue weighted by atomic mass is 10.0. The maximum Gasteiger partial charge on any atom is 0.326 e. The molecule has 9 heteroatoms. The summed E-state index contributed by atoms with van der Waals surface area (Å²) in [6.07, 6.45) is 0.387. The van der Waals surface area contributed by atoms with Gasteiger partial charge in [0.25, 0.3) is 0 Å². The number of carbonyl (C=O) groups is 3. The molecule has 0 aliphatic carbocycles. The molecule has 1 aliphatic rings. The van der Waals surface area contributed by atoms with Crippen LogP contribution in [0.15, 0.2) is 30.3 Å². The molecule has 1 aliphatic heterocycles. The van der Waals surface area contributed by atoms with Gasteiger partial charge in [-0.1, -0.05) is 30.3 Å². The Morgan fingerprint density at radius 2 is 1.84 bits per heavy atom. The van der Waals surface area contributed by atoms with Gasteiger partial charge < -0.3 is 24.2 Å². The summed E-state index contributed by atoms with van der Waals surface area (Å²) in [6.45, 7) is 5.77. The van der Waals surface area contributed by atoms with Gasteiger partial charge in [0.2, 0.25) is 5.91 Å². The highest BCUT2D eigenvalue weighted by molar-refractivity contribution is 5.87. The highest BCUT2D eigenvalue weighted by Gasteiger charge is 2.34. The fourth-order valence-electron chi connectivity index (χ4n) is 3.34. The molecule has 1 aromatic carbocycles. The van der Waals surface area contributed by atoms with Gasteiger partial charge in [-0.3, -0.25) is 14.9 Å². The Bertz CT molecular complexity index is 722. The second-order valence-electron chi connectivity index (χ2n) is 7.39. The molecule has 0 aromatic heterocycles. The van der Waals surface area contributed by atoms with Gasteiger partial charge in [-0.2, -0.15) is 0 Å². The minimum atomic E-state index is -1.13. The first-order chi connectivity index (χ1) is 14.8. The van der Waals surface area contributed by atoms with Gasteiger partial charge in [-0.15, -0.1) is 0 Å². The first kappa shape index (κ1) is 24.8. The monoisotopic (exact) mass is 436 g/mol. The van der Waals surface area contributed by atoms with Crippen LogP contribution in [-0.2, 0) is 35.0 Å². The number of carboxylic acid groups (broad SMARTS) is 1. The second-order valence-corrected chi connectivity index (χ2v) is 7.39. The number of ether oxygens (including phenoxy) is 3. The minimum Gasteiger partial charge on any atom is -0.480 e. The summed E-state index contributed by atoms with van der Waals surface area (Å²) in [4.78, 5) is 38.3. The first-order valence-electron chi connectivity index (χ1n) is 10.6. The molecule has 1 amide bonds. The Hall–Kier alpha value is -2.49. The molecule has 1 unspecified atom stereocenters. The van der Waals surface area contributed by atoms with Crippen molar-refractivity contribution in [2.75, 3.05) is 26.4 Å². The lowest BCUT2D eigenvalue weighted by Crippen LogP contribution is -2.56. The summed E-state index contributed by atoms with van der Waals surface area (Å²) in [5, 5.41) is 12.5. The van der Waals surface area contributed by atoms with E-state index in [9.17, 15) is 19.5 Å². The fourth-order valence-corrected chi connectivity index (χ4v) is 3.34. The maximum absolute atomic E-state index is 13.1. The van der Waals surface area contributed by atoms with Crippen molar-refractivity contribution in [3.05, 3.63) is 35.9 Å². The molecule has 0 bridgehead atoms. The molecule has 0 radical (unpaired) electrons. The molecule has 1 saturated heterocycles. The molecule has 3 atom stereocenters. The van der Waals surface area contributed by atoms with Crippen molar-refractivity contribution in [1.82, 2.24) is 10.2 Å². The van der Waals surface area contributed by atoms with Crippen molar-refractivity contribution in [2.24, 2.45) is 0 Å². The van der Waals surface area contributed by atoms with E-state index in [1.54, 1.807) is 13.8 Å². The van der Waals surface area contributed by atoms with E-state index in [0.717, 1.165) is 5.56 Å². The van der Waals surface area contributed by atoms with Gasteiger partial charge in [-0.25, -0.2) is 4.79 Å². The van der Waals surface area contributed by atoms with Crippen LogP contribution in [0.1, 0.15) is 32.8 Å². The maximum atomic E-state index is 13.1. The topological polar surface area (TPSA) is 114 Å². The van der Waals surface area contributed by atoms with E-state index in [4.69, 9.17) is 14.2 Å². The molecular formula is C22H32N2O7. The van der Waals surface area contributed by atoms with Gasteiger partial charge in [0.1, 0.15) is 12.1 Å². The summed E-state index contributed by atoms with van der Waals surface area (Å²) >= 11 is 0. The number of aliphatic carboxylic acids is 1. The third-order valence-electron chi connectivity index (χ3n) is 5.10. The summed E-state index contributed by atoms with van der Waals surface area (Å²) in [5.74, 6) is -2.04. The van der Waals surface area contributed by atoms with E-state index < -0.39 is 42.3 Å². The van der Waals surface area contributed by atoms with E-state index in [1.807, 2.05) is 30.3 Å². The van der Waals surface area contributed by atoms with Crippen molar-refractivity contribution >= 4 is 17.8 Å². The Morgan fingerprint density at radius 3 is 2.42 bits per heavy atom. The third kappa shape index (κ3) is 7.61. The molecule has 1 heterocycles. The number of esters is 1. The number of rotatable bonds is 12. The SMILES string of the molecule is CCOC(=O)[C@H](CCc1ccccc1)NC(C)C(=O)N(CC1OCCO1)[C@@H](C)C(=O)O. The zero-order chi connectivity index (χ0) is 22.8. The average molecular weight is 437 g/mol. The third-order valence-corrected chi connectivity index (χ3v) is 5.10. The van der Waals surface area contributed by atoms with Crippen LogP contribution < -0.4 is 5.32 Å². The van der Waals surface area contributed by atoms with Crippen molar-refractivity contribution in [1.29, 1.82) is 0 Å². The van der Waals surface area contributed by atoms with Gasteiger partial charge >= 0.3 is 11.9 Å². The first-order valence-corrected chi connectivity index (χ1v) is 10.6. The summed E-state index contributed by atoms with van der Waals surface area (Å²) in [6, 6.07) is 7.10. The zero-order valence-corrected chi connectivity index (χ0v) is 18.3. The molecule has 0 saturated carbocycles. The van der Waals surface area contributed by atoms with Crippen LogP contribution in [0.2, 0.25) is 0 Å². The van der Waals surface area contributed by atoms with Crippen LogP contribution in [0, 0.1) is 0 Å². The Morgan fingerprint density at radius 1 is 1.19 bits per heavy atom. The number of hydrogen-bond donors (Lipinski definition) is 2. The molecule has 1 fully saturated rings. The zero-order valence-electron chi connectivity index (χ0n) is 18.3. The van der Waals surface area contributed by atoms with Crippen LogP contribution in [-0.4, -0.2) is 78.6 Å². The van der Waals surface area contributed by atoms with Crippen LogP contribution >= 0.6 is 0 Å². The van der Waals surface area contributed by atoms with Crippen LogP contribution in [0.3, 0.4) is 0 Å². The quantitative estimate of drug-likeness (QED) is 0.470. The molecule has 31 heavy (non-hydrogen) atoms. The van der Waals surface area contributed by atoms with Gasteiger partial charge in [-0.05, 0) is 39.2 Å². The number of hydrogen-bond acceptors (Lipinski definition) is 7. The highest BCUT2D eigenvalue weighted by atomic mass is 16.7. The number of amides is 1. The predicted molar refractivity (Wildman–Crippen MR) is 112 cm³/mol. The van der Waals surface area contributed by atoms with Crippen molar-refractivity contribution in [3.63, 3.8) is 0 Å². The van der Waals surface area contributed by atoms with E-state index in [-0.39, 0.29) is 13.2 Å². The van der Waals surface area contributed by atoms with Gasteiger partial charge in [0, 0.05) is 0 Å². The van der Waals surface area contributed by atoms with Gasteiger partial charge in [0.05, 0.1) is 32.4 Å². The van der Waals surface area contributed by atoms with Crippen molar-refractivity contribution in [2.45, 2.75) is 58.0 Å². The number of nitrogens with one attached hydrogen (secondary N) is 1. The summed E-state index contributed by atoms with van der Waals surface area (Å²) in [7, 11) is 0. The lowest BCUT2D eigenvalue weighted by Gasteiger charge is -2.32.